The van der Waals surface area contributed by atoms with Crippen LogP contribution in [0.5, 0.6) is 0 Å². The first-order chi connectivity index (χ1) is 26.5. The number of hydrogen-bond acceptors (Lipinski definition) is 5. The number of esters is 1. The third-order valence-electron chi connectivity index (χ3n) is 10.7. The molecule has 6 heteroatoms. The zero-order chi connectivity index (χ0) is 39.4. The largest absolute Gasteiger partial charge is 0.466 e. The smallest absolute Gasteiger partial charge is 0.305 e. The number of unbranched alkanes of at least 4 members (excludes halogenated alkanes) is 30. The van der Waals surface area contributed by atoms with Gasteiger partial charge in [-0.3, -0.25) is 9.59 Å². The first kappa shape index (κ1) is 52.3. The second kappa shape index (κ2) is 44.1. The predicted octanol–water partition coefficient (Wildman–Crippen LogP) is 13.6. The fourth-order valence-corrected chi connectivity index (χ4v) is 7.04. The fraction of sp³-hybridized carbons (Fsp3) is 0.875. The Hall–Kier alpha value is -1.66. The van der Waals surface area contributed by atoms with Crippen molar-refractivity contribution in [1.82, 2.24) is 5.32 Å². The van der Waals surface area contributed by atoms with Crippen molar-refractivity contribution in [3.63, 3.8) is 0 Å². The monoisotopic (exact) mass is 762 g/mol. The van der Waals surface area contributed by atoms with Crippen LogP contribution in [-0.2, 0) is 14.3 Å². The number of rotatable bonds is 43. The quantitative estimate of drug-likeness (QED) is 0.0327. The Kier molecular flexibility index (Phi) is 42.7. The number of hydrogen-bond donors (Lipinski definition) is 3. The van der Waals surface area contributed by atoms with Crippen LogP contribution < -0.4 is 5.32 Å². The molecule has 0 aromatic carbocycles. The van der Waals surface area contributed by atoms with E-state index in [-0.39, 0.29) is 18.5 Å². The minimum Gasteiger partial charge on any atom is -0.466 e. The molecule has 0 rings (SSSR count). The van der Waals surface area contributed by atoms with Gasteiger partial charge in [0.25, 0.3) is 0 Å². The van der Waals surface area contributed by atoms with E-state index < -0.39 is 12.1 Å². The van der Waals surface area contributed by atoms with E-state index in [0.29, 0.717) is 19.4 Å². The van der Waals surface area contributed by atoms with Gasteiger partial charge in [-0.1, -0.05) is 199 Å². The number of amides is 1. The number of aliphatic hydroxyl groups is 2. The van der Waals surface area contributed by atoms with Gasteiger partial charge in [0.05, 0.1) is 25.4 Å². The molecule has 0 aromatic heterocycles. The molecule has 0 bridgehead atoms. The van der Waals surface area contributed by atoms with Crippen LogP contribution in [0.1, 0.15) is 245 Å². The molecule has 0 aliphatic rings. The molecule has 0 saturated heterocycles. The van der Waals surface area contributed by atoms with Gasteiger partial charge in [-0.05, 0) is 57.8 Å². The molecule has 0 saturated carbocycles. The van der Waals surface area contributed by atoms with Gasteiger partial charge < -0.3 is 20.3 Å². The zero-order valence-corrected chi connectivity index (χ0v) is 36.0. The Morgan fingerprint density at radius 3 is 1.31 bits per heavy atom. The third-order valence-corrected chi connectivity index (χ3v) is 10.7. The number of carbonyl (C=O) groups is 2. The maximum atomic E-state index is 12.4. The van der Waals surface area contributed by atoms with Crippen molar-refractivity contribution in [3.8, 4) is 0 Å². The lowest BCUT2D eigenvalue weighted by Gasteiger charge is -2.20. The molecule has 2 unspecified atom stereocenters. The molecule has 0 heterocycles. The molecule has 318 valence electrons. The molecule has 0 aromatic rings. The maximum Gasteiger partial charge on any atom is 0.305 e. The normalized spacial score (nSPS) is 12.9. The van der Waals surface area contributed by atoms with Crippen molar-refractivity contribution in [2.24, 2.45) is 0 Å². The summed E-state index contributed by atoms with van der Waals surface area (Å²) < 4.78 is 5.43. The lowest BCUT2D eigenvalue weighted by atomic mass is 10.1. The number of allylic oxidation sites excluding steroid dienone is 3. The summed E-state index contributed by atoms with van der Waals surface area (Å²) in [6.45, 7) is 4.84. The summed E-state index contributed by atoms with van der Waals surface area (Å²) >= 11 is 0. The third kappa shape index (κ3) is 40.0. The SMILES string of the molecule is CCCCCCCCCCC/C=C/C(O)C(CO)NC(=O)CCCCCCCCC/C=C\CCCCCCOC(=O)CCCCCCCCCCCCC. The number of aliphatic hydroxyl groups excluding tert-OH is 2. The van der Waals surface area contributed by atoms with E-state index in [1.165, 1.54) is 148 Å². The summed E-state index contributed by atoms with van der Waals surface area (Å²) in [5.74, 6) is -0.0976. The highest BCUT2D eigenvalue weighted by Gasteiger charge is 2.18. The van der Waals surface area contributed by atoms with Crippen LogP contribution in [-0.4, -0.2) is 47.4 Å². The maximum absolute atomic E-state index is 12.4. The molecule has 0 spiro atoms. The van der Waals surface area contributed by atoms with Crippen LogP contribution in [0.25, 0.3) is 0 Å². The Balaban J connectivity index is 3.51. The van der Waals surface area contributed by atoms with Crippen LogP contribution in [0.15, 0.2) is 24.3 Å². The molecule has 6 nitrogen and oxygen atoms in total. The highest BCUT2D eigenvalue weighted by molar-refractivity contribution is 5.76. The number of nitrogens with one attached hydrogen (secondary N) is 1. The summed E-state index contributed by atoms with van der Waals surface area (Å²) in [6.07, 6.45) is 50.2. The molecule has 0 aliphatic carbocycles. The van der Waals surface area contributed by atoms with E-state index in [2.05, 4.69) is 31.3 Å². The van der Waals surface area contributed by atoms with Crippen molar-refractivity contribution < 1.29 is 24.5 Å². The Morgan fingerprint density at radius 1 is 0.500 bits per heavy atom. The second-order valence-electron chi connectivity index (χ2n) is 16.1. The fourth-order valence-electron chi connectivity index (χ4n) is 7.04. The van der Waals surface area contributed by atoms with Crippen LogP contribution in [0, 0.1) is 0 Å². The molecule has 0 aliphatic heterocycles. The summed E-state index contributed by atoms with van der Waals surface area (Å²) in [6, 6.07) is -0.636. The molecule has 3 N–H and O–H groups in total. The van der Waals surface area contributed by atoms with Crippen molar-refractivity contribution >= 4 is 11.9 Å². The summed E-state index contributed by atoms with van der Waals surface area (Å²) in [7, 11) is 0. The van der Waals surface area contributed by atoms with Crippen molar-refractivity contribution in [2.45, 2.75) is 257 Å². The Morgan fingerprint density at radius 2 is 0.870 bits per heavy atom. The van der Waals surface area contributed by atoms with E-state index in [1.807, 2.05) is 6.08 Å². The molecule has 2 atom stereocenters. The average molecular weight is 762 g/mol. The minimum absolute atomic E-state index is 0.0124. The highest BCUT2D eigenvalue weighted by Crippen LogP contribution is 2.14. The first-order valence-electron chi connectivity index (χ1n) is 23.6. The van der Waals surface area contributed by atoms with E-state index in [0.717, 1.165) is 70.6 Å². The average Bonchev–Trinajstić information content (AvgIpc) is 3.17. The van der Waals surface area contributed by atoms with Gasteiger partial charge >= 0.3 is 5.97 Å². The van der Waals surface area contributed by atoms with Gasteiger partial charge in [0.1, 0.15) is 0 Å². The van der Waals surface area contributed by atoms with Crippen LogP contribution in [0.2, 0.25) is 0 Å². The molecular weight excluding hydrogens is 671 g/mol. The standard InChI is InChI=1S/C48H91NO5/c1-3-5-7-9-11-13-20-24-28-32-36-40-46(51)45(44-50)49-47(52)41-37-33-29-25-22-18-16-15-17-19-23-27-31-35-39-43-54-48(53)42-38-34-30-26-21-14-12-10-8-6-4-2/h17,19,36,40,45-46,50-51H,3-16,18,20-35,37-39,41-44H2,1-2H3,(H,49,52)/b19-17-,40-36+. The molecular formula is C48H91NO5. The van der Waals surface area contributed by atoms with E-state index in [1.54, 1.807) is 6.08 Å². The van der Waals surface area contributed by atoms with Gasteiger partial charge in [-0.25, -0.2) is 0 Å². The van der Waals surface area contributed by atoms with Gasteiger partial charge in [-0.15, -0.1) is 0 Å². The summed E-state index contributed by atoms with van der Waals surface area (Å²) in [4.78, 5) is 24.3. The lowest BCUT2D eigenvalue weighted by molar-refractivity contribution is -0.143. The van der Waals surface area contributed by atoms with Crippen molar-refractivity contribution in [1.29, 1.82) is 0 Å². The van der Waals surface area contributed by atoms with Gasteiger partial charge in [0, 0.05) is 12.8 Å². The van der Waals surface area contributed by atoms with E-state index >= 15 is 0 Å². The van der Waals surface area contributed by atoms with E-state index in [4.69, 9.17) is 4.74 Å². The predicted molar refractivity (Wildman–Crippen MR) is 232 cm³/mol. The Bertz CT molecular complexity index is 843. The summed E-state index contributed by atoms with van der Waals surface area (Å²) in [5.41, 5.74) is 0. The molecule has 1 amide bonds. The van der Waals surface area contributed by atoms with Gasteiger partial charge in [0.2, 0.25) is 5.91 Å². The van der Waals surface area contributed by atoms with Crippen molar-refractivity contribution in [2.75, 3.05) is 13.2 Å². The lowest BCUT2D eigenvalue weighted by Crippen LogP contribution is -2.45. The molecule has 0 radical (unpaired) electrons. The topological polar surface area (TPSA) is 95.9 Å². The van der Waals surface area contributed by atoms with Gasteiger partial charge in [-0.2, -0.15) is 0 Å². The summed E-state index contributed by atoms with van der Waals surface area (Å²) in [5, 5.41) is 22.9. The number of ether oxygens (including phenoxy) is 1. The number of carbonyl (C=O) groups excluding carboxylic acids is 2. The van der Waals surface area contributed by atoms with Crippen LogP contribution in [0.3, 0.4) is 0 Å². The van der Waals surface area contributed by atoms with E-state index in [9.17, 15) is 19.8 Å². The first-order valence-corrected chi connectivity index (χ1v) is 23.6. The van der Waals surface area contributed by atoms with Gasteiger partial charge in [0.15, 0.2) is 0 Å². The van der Waals surface area contributed by atoms with Crippen molar-refractivity contribution in [3.05, 3.63) is 24.3 Å². The van der Waals surface area contributed by atoms with Crippen LogP contribution >= 0.6 is 0 Å². The molecule has 0 fully saturated rings. The second-order valence-corrected chi connectivity index (χ2v) is 16.1. The highest BCUT2D eigenvalue weighted by atomic mass is 16.5. The minimum atomic E-state index is -0.852. The zero-order valence-electron chi connectivity index (χ0n) is 36.0. The van der Waals surface area contributed by atoms with Crippen LogP contribution in [0.4, 0.5) is 0 Å². The Labute approximate surface area is 335 Å². The molecule has 54 heavy (non-hydrogen) atoms.